The second-order valence-electron chi connectivity index (χ2n) is 6.10. The summed E-state index contributed by atoms with van der Waals surface area (Å²) in [5.74, 6) is 0.975. The van der Waals surface area contributed by atoms with E-state index in [0.717, 1.165) is 22.6 Å². The van der Waals surface area contributed by atoms with Gasteiger partial charge in [0.1, 0.15) is 16.5 Å². The van der Waals surface area contributed by atoms with Gasteiger partial charge in [-0.2, -0.15) is 18.3 Å². The maximum absolute atomic E-state index is 12.8. The van der Waals surface area contributed by atoms with Gasteiger partial charge in [-0.05, 0) is 40.2 Å². The van der Waals surface area contributed by atoms with Crippen LogP contribution in [-0.4, -0.2) is 27.1 Å². The zero-order chi connectivity index (χ0) is 17.6. The molecule has 5 nitrogen and oxygen atoms in total. The van der Waals surface area contributed by atoms with Gasteiger partial charge < -0.3 is 9.74 Å². The van der Waals surface area contributed by atoms with Gasteiger partial charge in [0, 0.05) is 30.6 Å². The van der Waals surface area contributed by atoms with Crippen LogP contribution in [0, 0.1) is 5.92 Å². The Hall–Kier alpha value is -2.03. The molecular weight excluding hydrogens is 401 g/mol. The number of nitrogens with zero attached hydrogens (tertiary/aromatic N) is 4. The molecule has 132 valence electrons. The second-order valence-corrected chi connectivity index (χ2v) is 7.02. The van der Waals surface area contributed by atoms with Gasteiger partial charge in [0.05, 0.1) is 18.3 Å². The Morgan fingerprint density at radius 2 is 1.88 bits per heavy atom. The van der Waals surface area contributed by atoms with Gasteiger partial charge in [-0.15, -0.1) is 0 Å². The highest BCUT2D eigenvalue weighted by Gasteiger charge is 2.36. The molecule has 1 unspecified atom stereocenters. The number of rotatable bonds is 2. The average Bonchev–Trinajstić information content (AvgIpc) is 3.21. The third-order valence-electron chi connectivity index (χ3n) is 4.48. The van der Waals surface area contributed by atoms with Crippen LogP contribution in [0.15, 0.2) is 41.7 Å². The van der Waals surface area contributed by atoms with Crippen molar-refractivity contribution in [3.05, 3.63) is 42.1 Å². The first-order valence-corrected chi connectivity index (χ1v) is 8.56. The topological polar surface area (TPSA) is 42.6 Å². The molecule has 4 rings (SSSR count). The highest BCUT2D eigenvalue weighted by molar-refractivity contribution is 9.18. The number of anilines is 2. The van der Waals surface area contributed by atoms with Crippen LogP contribution in [0.3, 0.4) is 0 Å². The van der Waals surface area contributed by atoms with E-state index >= 15 is 0 Å². The molecule has 2 aliphatic rings. The monoisotopic (exact) mass is 414 g/mol. The predicted octanol–water partition coefficient (Wildman–Crippen LogP) is 4.17. The van der Waals surface area contributed by atoms with Crippen LogP contribution in [0.2, 0.25) is 0 Å². The van der Waals surface area contributed by atoms with Gasteiger partial charge in [-0.1, -0.05) is 5.16 Å². The SMILES string of the molecule is FC(F)(F)c1ccc(N2CC([C@@H]3CC(Br)=NO3)Cn3nccc32)cc1. The van der Waals surface area contributed by atoms with E-state index in [2.05, 4.69) is 26.2 Å². The molecule has 2 aromatic rings. The minimum absolute atomic E-state index is 0.0799. The van der Waals surface area contributed by atoms with E-state index in [9.17, 15) is 13.2 Å². The molecular formula is C16H14BrF3N4O. The normalized spacial score (nSPS) is 23.2. The van der Waals surface area contributed by atoms with Crippen LogP contribution in [0.1, 0.15) is 12.0 Å². The van der Waals surface area contributed by atoms with Crippen LogP contribution in [0.5, 0.6) is 0 Å². The van der Waals surface area contributed by atoms with Crippen molar-refractivity contribution in [3.63, 3.8) is 0 Å². The lowest BCUT2D eigenvalue weighted by molar-refractivity contribution is -0.137. The number of fused-ring (bicyclic) bond motifs is 1. The van der Waals surface area contributed by atoms with Crippen LogP contribution in [0.4, 0.5) is 24.7 Å². The highest BCUT2D eigenvalue weighted by atomic mass is 79.9. The standard InChI is InChI=1S/C16H14BrF3N4O/c17-14-7-13(25-22-14)10-8-23(15-5-6-21-24(15)9-10)12-3-1-11(2-4-12)16(18,19)20/h1-6,10,13H,7-9H2/t10?,13-/m0/s1. The lowest BCUT2D eigenvalue weighted by Crippen LogP contribution is -2.41. The summed E-state index contributed by atoms with van der Waals surface area (Å²) < 4.78 is 41.0. The largest absolute Gasteiger partial charge is 0.416 e. The van der Waals surface area contributed by atoms with Gasteiger partial charge in [0.25, 0.3) is 0 Å². The van der Waals surface area contributed by atoms with E-state index in [-0.39, 0.29) is 12.0 Å². The molecule has 0 radical (unpaired) electrons. The van der Waals surface area contributed by atoms with Gasteiger partial charge in [0.2, 0.25) is 0 Å². The molecule has 0 spiro atoms. The third-order valence-corrected chi connectivity index (χ3v) is 4.95. The van der Waals surface area contributed by atoms with Gasteiger partial charge >= 0.3 is 6.18 Å². The molecule has 1 aromatic carbocycles. The zero-order valence-electron chi connectivity index (χ0n) is 12.9. The van der Waals surface area contributed by atoms with E-state index in [1.54, 1.807) is 6.20 Å². The molecule has 9 heteroatoms. The molecule has 0 N–H and O–H groups in total. The van der Waals surface area contributed by atoms with Gasteiger partial charge in [-0.3, -0.25) is 0 Å². The lowest BCUT2D eigenvalue weighted by Gasteiger charge is -2.36. The summed E-state index contributed by atoms with van der Waals surface area (Å²) in [6.07, 6.45) is -2.05. The molecule has 25 heavy (non-hydrogen) atoms. The number of aromatic nitrogens is 2. The molecule has 0 amide bonds. The van der Waals surface area contributed by atoms with Crippen molar-refractivity contribution in [2.45, 2.75) is 25.2 Å². The number of benzene rings is 1. The Morgan fingerprint density at radius 3 is 2.52 bits per heavy atom. The van der Waals surface area contributed by atoms with Crippen LogP contribution >= 0.6 is 15.9 Å². The summed E-state index contributed by atoms with van der Waals surface area (Å²) in [5.41, 5.74) is 0.0344. The lowest BCUT2D eigenvalue weighted by atomic mass is 9.97. The van der Waals surface area contributed by atoms with Crippen molar-refractivity contribution in [3.8, 4) is 0 Å². The van der Waals surface area contributed by atoms with Crippen LogP contribution in [0.25, 0.3) is 0 Å². The summed E-state index contributed by atoms with van der Waals surface area (Å²) in [4.78, 5) is 7.44. The van der Waals surface area contributed by atoms with Gasteiger partial charge in [0.15, 0.2) is 0 Å². The number of halogens is 4. The van der Waals surface area contributed by atoms with E-state index in [0.29, 0.717) is 25.2 Å². The smallest absolute Gasteiger partial charge is 0.391 e. The first kappa shape index (κ1) is 16.4. The highest BCUT2D eigenvalue weighted by Crippen LogP contribution is 2.36. The summed E-state index contributed by atoms with van der Waals surface area (Å²) in [5, 5.41) is 8.25. The Labute approximate surface area is 150 Å². The van der Waals surface area contributed by atoms with Crippen molar-refractivity contribution in [2.24, 2.45) is 11.1 Å². The van der Waals surface area contributed by atoms with Crippen molar-refractivity contribution in [1.29, 1.82) is 0 Å². The molecule has 2 aliphatic heterocycles. The molecule has 0 saturated carbocycles. The van der Waals surface area contributed by atoms with Crippen LogP contribution in [-0.2, 0) is 17.6 Å². The number of hydrogen-bond donors (Lipinski definition) is 0. The first-order valence-electron chi connectivity index (χ1n) is 7.76. The zero-order valence-corrected chi connectivity index (χ0v) is 14.5. The third kappa shape index (κ3) is 3.12. The van der Waals surface area contributed by atoms with Crippen molar-refractivity contribution >= 4 is 32.1 Å². The average molecular weight is 415 g/mol. The Balaban J connectivity index is 1.62. The van der Waals surface area contributed by atoms with E-state index < -0.39 is 11.7 Å². The second kappa shape index (κ2) is 6.05. The summed E-state index contributed by atoms with van der Waals surface area (Å²) in [7, 11) is 0. The number of oxime groups is 1. The fourth-order valence-electron chi connectivity index (χ4n) is 3.22. The number of alkyl halides is 3. The summed E-state index contributed by atoms with van der Waals surface area (Å²) in [6, 6.07) is 7.04. The molecule has 2 atom stereocenters. The molecule has 1 aromatic heterocycles. The van der Waals surface area contributed by atoms with Gasteiger partial charge in [-0.25, -0.2) is 4.68 Å². The fourth-order valence-corrected chi connectivity index (χ4v) is 3.63. The van der Waals surface area contributed by atoms with E-state index in [4.69, 9.17) is 4.84 Å². The minimum Gasteiger partial charge on any atom is -0.391 e. The van der Waals surface area contributed by atoms with Crippen molar-refractivity contribution in [1.82, 2.24) is 9.78 Å². The Bertz CT molecular complexity index is 802. The van der Waals surface area contributed by atoms with E-state index in [1.165, 1.54) is 12.1 Å². The molecule has 0 bridgehead atoms. The molecule has 0 aliphatic carbocycles. The minimum atomic E-state index is -4.34. The maximum Gasteiger partial charge on any atom is 0.416 e. The number of hydrogen-bond acceptors (Lipinski definition) is 4. The summed E-state index contributed by atoms with van der Waals surface area (Å²) >= 11 is 3.34. The fraction of sp³-hybridized carbons (Fsp3) is 0.375. The summed E-state index contributed by atoms with van der Waals surface area (Å²) in [6.45, 7) is 1.30. The molecule has 3 heterocycles. The van der Waals surface area contributed by atoms with E-state index in [1.807, 2.05) is 15.6 Å². The van der Waals surface area contributed by atoms with Crippen molar-refractivity contribution in [2.75, 3.05) is 11.4 Å². The van der Waals surface area contributed by atoms with Crippen molar-refractivity contribution < 1.29 is 18.0 Å². The maximum atomic E-state index is 12.8. The molecule has 0 fully saturated rings. The first-order chi connectivity index (χ1) is 11.9. The predicted molar refractivity (Wildman–Crippen MR) is 90.0 cm³/mol. The quantitative estimate of drug-likeness (QED) is 0.740. The Kier molecular flexibility index (Phi) is 3.98. The molecule has 0 saturated heterocycles. The Morgan fingerprint density at radius 1 is 1.12 bits per heavy atom. The van der Waals surface area contributed by atoms with Crippen LogP contribution < -0.4 is 4.90 Å².